The summed E-state index contributed by atoms with van der Waals surface area (Å²) < 4.78 is 10.8. The van der Waals surface area contributed by atoms with Crippen molar-refractivity contribution in [1.82, 2.24) is 9.88 Å². The minimum absolute atomic E-state index is 0.0121. The van der Waals surface area contributed by atoms with Crippen LogP contribution < -0.4 is 10.2 Å². The summed E-state index contributed by atoms with van der Waals surface area (Å²) in [5, 5.41) is 14.0. The summed E-state index contributed by atoms with van der Waals surface area (Å²) in [4.78, 5) is 44.4. The topological polar surface area (TPSA) is 135 Å². The Balaban J connectivity index is 1.39. The van der Waals surface area contributed by atoms with Crippen LogP contribution in [-0.2, 0) is 0 Å². The van der Waals surface area contributed by atoms with Gasteiger partial charge in [-0.05, 0) is 30.3 Å². The van der Waals surface area contributed by atoms with E-state index in [0.717, 1.165) is 11.9 Å². The van der Waals surface area contributed by atoms with Crippen molar-refractivity contribution in [3.8, 4) is 0 Å². The maximum Gasteiger partial charge on any atom is 0.433 e. The molecule has 11 nitrogen and oxygen atoms in total. The quantitative estimate of drug-likeness (QED) is 0.352. The van der Waals surface area contributed by atoms with Crippen molar-refractivity contribution in [3.63, 3.8) is 0 Å². The number of nitro groups is 1. The molecule has 0 unspecified atom stereocenters. The highest BCUT2D eigenvalue weighted by Gasteiger charge is 2.30. The Hall–Kier alpha value is -4.67. The highest BCUT2D eigenvalue weighted by molar-refractivity contribution is 6.13. The largest absolute Gasteiger partial charge is 0.449 e. The van der Waals surface area contributed by atoms with Crippen molar-refractivity contribution in [2.75, 3.05) is 36.4 Å². The maximum absolute atomic E-state index is 13.4. The zero-order valence-corrected chi connectivity index (χ0v) is 17.8. The van der Waals surface area contributed by atoms with E-state index >= 15 is 0 Å². The van der Waals surface area contributed by atoms with E-state index in [4.69, 9.17) is 8.83 Å². The van der Waals surface area contributed by atoms with Crippen LogP contribution in [0.4, 0.5) is 17.4 Å². The average Bonchev–Trinajstić information content (AvgIpc) is 3.50. The molecule has 1 N–H and O–H groups in total. The molecule has 1 aliphatic heterocycles. The zero-order valence-electron chi connectivity index (χ0n) is 17.8. The molecule has 1 aliphatic rings. The number of fused-ring (bicyclic) bond motifs is 1. The Labute approximate surface area is 192 Å². The minimum atomic E-state index is -0.733. The van der Waals surface area contributed by atoms with E-state index in [1.807, 2.05) is 18.2 Å². The number of hydrogen-bond acceptors (Lipinski definition) is 8. The number of aromatic nitrogens is 1. The third-order valence-electron chi connectivity index (χ3n) is 5.56. The summed E-state index contributed by atoms with van der Waals surface area (Å²) in [5.41, 5.74) is 0.621. The van der Waals surface area contributed by atoms with Crippen molar-refractivity contribution in [3.05, 3.63) is 82.4 Å². The molecule has 1 saturated heterocycles. The van der Waals surface area contributed by atoms with Crippen molar-refractivity contribution in [2.45, 2.75) is 0 Å². The lowest BCUT2D eigenvalue weighted by Gasteiger charge is -2.35. The molecule has 0 spiro atoms. The lowest BCUT2D eigenvalue weighted by molar-refractivity contribution is -0.402. The summed E-state index contributed by atoms with van der Waals surface area (Å²) in [6.45, 7) is 2.09. The molecular formula is C23H19N5O6. The third kappa shape index (κ3) is 3.94. The van der Waals surface area contributed by atoms with Crippen LogP contribution in [0, 0.1) is 10.1 Å². The summed E-state index contributed by atoms with van der Waals surface area (Å²) >= 11 is 0. The van der Waals surface area contributed by atoms with Crippen LogP contribution in [0.3, 0.4) is 0 Å². The fourth-order valence-electron chi connectivity index (χ4n) is 3.87. The van der Waals surface area contributed by atoms with Crippen LogP contribution in [0.1, 0.15) is 21.1 Å². The first kappa shape index (κ1) is 21.2. The second-order valence-corrected chi connectivity index (χ2v) is 7.62. The van der Waals surface area contributed by atoms with Crippen LogP contribution in [0.5, 0.6) is 0 Å². The number of amides is 2. The Kier molecular flexibility index (Phi) is 5.42. The first-order valence-corrected chi connectivity index (χ1v) is 10.5. The average molecular weight is 461 g/mol. The normalized spacial score (nSPS) is 13.8. The van der Waals surface area contributed by atoms with Gasteiger partial charge in [0, 0.05) is 37.8 Å². The molecule has 1 aromatic carbocycles. The van der Waals surface area contributed by atoms with E-state index in [2.05, 4.69) is 15.2 Å². The van der Waals surface area contributed by atoms with Gasteiger partial charge in [0.1, 0.15) is 22.0 Å². The Morgan fingerprint density at radius 1 is 0.971 bits per heavy atom. The number of piperazine rings is 1. The molecule has 4 heterocycles. The van der Waals surface area contributed by atoms with Crippen LogP contribution in [0.15, 0.2) is 69.6 Å². The Morgan fingerprint density at radius 3 is 2.44 bits per heavy atom. The van der Waals surface area contributed by atoms with E-state index < -0.39 is 16.7 Å². The number of carbonyl (C=O) groups is 2. The van der Waals surface area contributed by atoms with Gasteiger partial charge < -0.3 is 24.0 Å². The van der Waals surface area contributed by atoms with Crippen LogP contribution in [0.2, 0.25) is 0 Å². The van der Waals surface area contributed by atoms with Gasteiger partial charge in [0.25, 0.3) is 11.8 Å². The summed E-state index contributed by atoms with van der Waals surface area (Å²) in [6, 6.07) is 14.9. The second-order valence-electron chi connectivity index (χ2n) is 7.62. The van der Waals surface area contributed by atoms with E-state index in [9.17, 15) is 19.7 Å². The number of hydrogen-bond donors (Lipinski definition) is 1. The van der Waals surface area contributed by atoms with Gasteiger partial charge in [-0.3, -0.25) is 19.7 Å². The van der Waals surface area contributed by atoms with Gasteiger partial charge in [0.15, 0.2) is 5.76 Å². The van der Waals surface area contributed by atoms with Crippen molar-refractivity contribution in [2.24, 2.45) is 0 Å². The molecule has 0 aliphatic carbocycles. The number of para-hydroxylation sites is 1. The second kappa shape index (κ2) is 8.70. The molecule has 0 bridgehead atoms. The standard InChI is InChI=1S/C23H19N5O6/c29-22(17-8-9-19(33-17)28(31)32)25-20-15-5-1-2-6-16(15)34-21(20)23(30)27-13-11-26(12-14-27)18-7-3-4-10-24-18/h1-10H,11-14H2,(H,25,29). The minimum Gasteiger partial charge on any atom is -0.449 e. The van der Waals surface area contributed by atoms with Crippen molar-refractivity contribution < 1.29 is 23.3 Å². The van der Waals surface area contributed by atoms with Gasteiger partial charge in [-0.2, -0.15) is 0 Å². The fraction of sp³-hybridized carbons (Fsp3) is 0.174. The molecule has 172 valence electrons. The zero-order chi connectivity index (χ0) is 23.7. The number of furan rings is 2. The highest BCUT2D eigenvalue weighted by atomic mass is 16.6. The number of anilines is 2. The summed E-state index contributed by atoms with van der Waals surface area (Å²) in [6.07, 6.45) is 1.73. The predicted octanol–water partition coefficient (Wildman–Crippen LogP) is 3.54. The lowest BCUT2D eigenvalue weighted by atomic mass is 10.2. The summed E-state index contributed by atoms with van der Waals surface area (Å²) in [7, 11) is 0. The van der Waals surface area contributed by atoms with Gasteiger partial charge in [-0.15, -0.1) is 0 Å². The molecule has 2 amide bonds. The van der Waals surface area contributed by atoms with E-state index in [0.29, 0.717) is 37.1 Å². The fourth-order valence-corrected chi connectivity index (χ4v) is 3.87. The first-order valence-electron chi connectivity index (χ1n) is 10.5. The van der Waals surface area contributed by atoms with Gasteiger partial charge in [0.2, 0.25) is 5.76 Å². The lowest BCUT2D eigenvalue weighted by Crippen LogP contribution is -2.49. The van der Waals surface area contributed by atoms with Crippen molar-refractivity contribution >= 4 is 40.2 Å². The predicted molar refractivity (Wildman–Crippen MR) is 122 cm³/mol. The number of nitrogens with zero attached hydrogens (tertiary/aromatic N) is 4. The van der Waals surface area contributed by atoms with Gasteiger partial charge in [-0.25, -0.2) is 4.98 Å². The number of nitrogens with one attached hydrogen (secondary N) is 1. The van der Waals surface area contributed by atoms with Crippen LogP contribution in [-0.4, -0.2) is 52.8 Å². The van der Waals surface area contributed by atoms with Crippen LogP contribution in [0.25, 0.3) is 11.0 Å². The number of rotatable bonds is 5. The number of carbonyl (C=O) groups excluding carboxylic acids is 2. The smallest absolute Gasteiger partial charge is 0.433 e. The third-order valence-corrected chi connectivity index (χ3v) is 5.56. The maximum atomic E-state index is 13.4. The molecule has 34 heavy (non-hydrogen) atoms. The Bertz CT molecular complexity index is 1370. The van der Waals surface area contributed by atoms with Gasteiger partial charge in [0.05, 0.1) is 6.07 Å². The SMILES string of the molecule is O=C(Nc1c(C(=O)N2CCN(c3ccccn3)CC2)oc2ccccc12)c1ccc([N+](=O)[O-])o1. The van der Waals surface area contributed by atoms with Gasteiger partial charge in [-0.1, -0.05) is 18.2 Å². The monoisotopic (exact) mass is 461 g/mol. The van der Waals surface area contributed by atoms with E-state index in [1.165, 1.54) is 6.07 Å². The molecule has 1 fully saturated rings. The molecule has 0 saturated carbocycles. The molecule has 0 radical (unpaired) electrons. The van der Waals surface area contributed by atoms with Crippen LogP contribution >= 0.6 is 0 Å². The van der Waals surface area contributed by atoms with E-state index in [-0.39, 0.29) is 23.1 Å². The van der Waals surface area contributed by atoms with Crippen molar-refractivity contribution in [1.29, 1.82) is 0 Å². The number of benzene rings is 1. The summed E-state index contributed by atoms with van der Waals surface area (Å²) in [5.74, 6) is -1.06. The molecule has 0 atom stereocenters. The molecular weight excluding hydrogens is 442 g/mol. The Morgan fingerprint density at radius 2 is 1.74 bits per heavy atom. The molecule has 5 rings (SSSR count). The first-order chi connectivity index (χ1) is 16.5. The molecule has 4 aromatic rings. The molecule has 3 aromatic heterocycles. The van der Waals surface area contributed by atoms with Gasteiger partial charge >= 0.3 is 5.88 Å². The molecule has 11 heteroatoms. The highest BCUT2D eigenvalue weighted by Crippen LogP contribution is 2.33. The van der Waals surface area contributed by atoms with E-state index in [1.54, 1.807) is 35.4 Å². The number of pyridine rings is 1.